The van der Waals surface area contributed by atoms with Crippen molar-refractivity contribution in [2.75, 3.05) is 11.3 Å². The highest BCUT2D eigenvalue weighted by atomic mass is 32.2. The molecule has 182 valence electrons. The number of benzene rings is 1. The highest BCUT2D eigenvalue weighted by Crippen LogP contribution is 2.31. The number of ether oxygens (including phenoxy) is 1. The van der Waals surface area contributed by atoms with E-state index in [1.807, 2.05) is 5.92 Å². The summed E-state index contributed by atoms with van der Waals surface area (Å²) in [5.74, 6) is 0.857. The summed E-state index contributed by atoms with van der Waals surface area (Å²) in [6.45, 7) is 5.24. The molecular formula is C24H24FN5O4S. The Balaban J connectivity index is 1.75. The summed E-state index contributed by atoms with van der Waals surface area (Å²) in [6.07, 6.45) is 9.31. The van der Waals surface area contributed by atoms with Crippen LogP contribution < -0.4 is 20.5 Å². The molecule has 0 saturated carbocycles. The van der Waals surface area contributed by atoms with E-state index in [1.165, 1.54) is 18.3 Å². The van der Waals surface area contributed by atoms with E-state index in [0.717, 1.165) is 6.08 Å². The summed E-state index contributed by atoms with van der Waals surface area (Å²) >= 11 is 0. The number of allylic oxidation sites excluding steroid dienone is 4. The van der Waals surface area contributed by atoms with Crippen LogP contribution in [-0.4, -0.2) is 37.3 Å². The molecule has 0 spiro atoms. The van der Waals surface area contributed by atoms with Crippen molar-refractivity contribution in [2.24, 2.45) is 10.1 Å². The first-order chi connectivity index (χ1) is 16.4. The van der Waals surface area contributed by atoms with Crippen LogP contribution in [0.3, 0.4) is 0 Å². The van der Waals surface area contributed by atoms with Gasteiger partial charge < -0.3 is 15.8 Å². The molecule has 2 aromatic rings. The number of hydrogen-bond donors (Lipinski definition) is 3. The van der Waals surface area contributed by atoms with Gasteiger partial charge in [-0.05, 0) is 62.6 Å². The molecule has 35 heavy (non-hydrogen) atoms. The predicted octanol–water partition coefficient (Wildman–Crippen LogP) is 2.93. The summed E-state index contributed by atoms with van der Waals surface area (Å²) in [5.41, 5.74) is 6.68. The summed E-state index contributed by atoms with van der Waals surface area (Å²) in [6, 6.07) is 7.82. The average molecular weight is 498 g/mol. The molecule has 9 nitrogen and oxygen atoms in total. The molecule has 0 bridgehead atoms. The molecular weight excluding hydrogens is 473 g/mol. The second-order valence-electron chi connectivity index (χ2n) is 8.17. The normalized spacial score (nSPS) is 15.2. The van der Waals surface area contributed by atoms with Crippen molar-refractivity contribution in [3.63, 3.8) is 0 Å². The van der Waals surface area contributed by atoms with E-state index in [9.17, 15) is 17.6 Å². The van der Waals surface area contributed by atoms with E-state index >= 15 is 0 Å². The third-order valence-electron chi connectivity index (χ3n) is 4.83. The Morgan fingerprint density at radius 1 is 1.37 bits per heavy atom. The standard InChI is InChI=1S/C24H24FN5O4S/c1-5-15(12-17(25)6-2)19-13-16(10-11-27-19)23(31)28-24(3,4)14-34-20-9-7-8-18-21(20)22(26)30-35(32,33)29-18/h2,5,7-13,29H,14H2,1,3-4H3,(H2,26,30)(H,28,31)/b15-5+,17-12+. The fraction of sp³-hybridized carbons (Fsp3) is 0.208. The monoisotopic (exact) mass is 497 g/mol. The molecule has 0 unspecified atom stereocenters. The molecule has 1 aromatic carbocycles. The van der Waals surface area contributed by atoms with Gasteiger partial charge >= 0.3 is 10.2 Å². The summed E-state index contributed by atoms with van der Waals surface area (Å²) < 4.78 is 48.7. The van der Waals surface area contributed by atoms with Crippen molar-refractivity contribution in [3.05, 3.63) is 71.3 Å². The highest BCUT2D eigenvalue weighted by molar-refractivity contribution is 7.91. The van der Waals surface area contributed by atoms with Crippen LogP contribution in [0.15, 0.2) is 58.9 Å². The fourth-order valence-electron chi connectivity index (χ4n) is 3.22. The lowest BCUT2D eigenvalue weighted by Gasteiger charge is -2.27. The number of terminal acetylenes is 1. The third kappa shape index (κ3) is 6.24. The predicted molar refractivity (Wildman–Crippen MR) is 133 cm³/mol. The molecule has 0 atom stereocenters. The van der Waals surface area contributed by atoms with Crippen molar-refractivity contribution in [1.82, 2.24) is 10.3 Å². The molecule has 2 heterocycles. The van der Waals surface area contributed by atoms with Crippen LogP contribution in [0.2, 0.25) is 0 Å². The van der Waals surface area contributed by atoms with Crippen LogP contribution in [0, 0.1) is 12.3 Å². The number of rotatable bonds is 7. The first-order valence-corrected chi connectivity index (χ1v) is 11.8. The largest absolute Gasteiger partial charge is 0.490 e. The van der Waals surface area contributed by atoms with E-state index in [2.05, 4.69) is 19.4 Å². The number of pyridine rings is 1. The SMILES string of the molecule is C#C/C(F)=C\C(=C/C)c1cc(C(=O)NC(C)(C)COc2cccc3c2C(N)=NS(=O)(=O)N3)ccn1. The maximum Gasteiger partial charge on any atom is 0.344 e. The molecule has 0 fully saturated rings. The maximum absolute atomic E-state index is 13.5. The molecule has 0 saturated heterocycles. The van der Waals surface area contributed by atoms with Gasteiger partial charge in [-0.3, -0.25) is 14.5 Å². The third-order valence-corrected chi connectivity index (χ3v) is 5.74. The first-order valence-electron chi connectivity index (χ1n) is 10.4. The zero-order valence-electron chi connectivity index (χ0n) is 19.3. The number of fused-ring (bicyclic) bond motifs is 1. The van der Waals surface area contributed by atoms with Crippen molar-refractivity contribution in [1.29, 1.82) is 0 Å². The van der Waals surface area contributed by atoms with Gasteiger partial charge in [0.05, 0.1) is 22.5 Å². The number of nitrogens with zero attached hydrogens (tertiary/aromatic N) is 2. The minimum Gasteiger partial charge on any atom is -0.490 e. The second kappa shape index (κ2) is 9.99. The van der Waals surface area contributed by atoms with Gasteiger partial charge in [0.2, 0.25) is 0 Å². The number of anilines is 1. The van der Waals surface area contributed by atoms with Crippen LogP contribution in [-0.2, 0) is 10.2 Å². The van der Waals surface area contributed by atoms with Crippen LogP contribution in [0.4, 0.5) is 10.1 Å². The Kier molecular flexibility index (Phi) is 7.26. The summed E-state index contributed by atoms with van der Waals surface area (Å²) in [5, 5.41) is 2.88. The van der Waals surface area contributed by atoms with Crippen LogP contribution in [0.25, 0.3) is 5.57 Å². The minimum atomic E-state index is -3.91. The van der Waals surface area contributed by atoms with E-state index in [4.69, 9.17) is 16.9 Å². The van der Waals surface area contributed by atoms with Gasteiger partial charge in [-0.2, -0.15) is 12.8 Å². The zero-order chi connectivity index (χ0) is 25.8. The Morgan fingerprint density at radius 2 is 2.11 bits per heavy atom. The molecule has 0 aliphatic carbocycles. The molecule has 1 amide bonds. The van der Waals surface area contributed by atoms with Crippen molar-refractivity contribution in [2.45, 2.75) is 26.3 Å². The lowest BCUT2D eigenvalue weighted by molar-refractivity contribution is 0.0880. The van der Waals surface area contributed by atoms with Crippen LogP contribution >= 0.6 is 0 Å². The van der Waals surface area contributed by atoms with Gasteiger partial charge in [0.15, 0.2) is 11.7 Å². The van der Waals surface area contributed by atoms with Crippen LogP contribution in [0.1, 0.15) is 42.4 Å². The Hall–Kier alpha value is -4.17. The zero-order valence-corrected chi connectivity index (χ0v) is 20.1. The smallest absolute Gasteiger partial charge is 0.344 e. The summed E-state index contributed by atoms with van der Waals surface area (Å²) in [4.78, 5) is 17.1. The molecule has 11 heteroatoms. The number of aromatic nitrogens is 1. The van der Waals surface area contributed by atoms with Gasteiger partial charge in [0, 0.05) is 11.8 Å². The number of carbonyl (C=O) groups is 1. The fourth-order valence-corrected chi connectivity index (χ4v) is 4.07. The minimum absolute atomic E-state index is 0.0311. The average Bonchev–Trinajstić information content (AvgIpc) is 2.79. The Morgan fingerprint density at radius 3 is 2.80 bits per heavy atom. The van der Waals surface area contributed by atoms with E-state index in [1.54, 1.807) is 45.0 Å². The molecule has 1 aliphatic rings. The molecule has 0 radical (unpaired) electrons. The Labute approximate surface area is 203 Å². The van der Waals surface area contributed by atoms with E-state index < -0.39 is 27.5 Å². The number of amides is 1. The number of halogens is 1. The van der Waals surface area contributed by atoms with Crippen LogP contribution in [0.5, 0.6) is 5.75 Å². The van der Waals surface area contributed by atoms with Crippen molar-refractivity contribution in [3.8, 4) is 18.1 Å². The number of nitrogens with one attached hydrogen (secondary N) is 2. The van der Waals surface area contributed by atoms with E-state index in [0.29, 0.717) is 28.1 Å². The quantitative estimate of drug-likeness (QED) is 0.398. The van der Waals surface area contributed by atoms with E-state index in [-0.39, 0.29) is 18.1 Å². The Bertz CT molecular complexity index is 1410. The highest BCUT2D eigenvalue weighted by Gasteiger charge is 2.27. The number of nitrogens with two attached hydrogens (primary N) is 1. The first kappa shape index (κ1) is 25.5. The van der Waals surface area contributed by atoms with Gasteiger partial charge in [-0.25, -0.2) is 0 Å². The lowest BCUT2D eigenvalue weighted by Crippen LogP contribution is -2.48. The molecule has 1 aliphatic heterocycles. The topological polar surface area (TPSA) is 136 Å². The van der Waals surface area contributed by atoms with Crippen molar-refractivity contribution < 1.29 is 22.3 Å². The number of hydrogen-bond acceptors (Lipinski definition) is 6. The van der Waals surface area contributed by atoms with Gasteiger partial charge in [0.1, 0.15) is 12.4 Å². The van der Waals surface area contributed by atoms with Gasteiger partial charge in [0.25, 0.3) is 5.91 Å². The summed E-state index contributed by atoms with van der Waals surface area (Å²) in [7, 11) is -3.91. The molecule has 4 N–H and O–H groups in total. The van der Waals surface area contributed by atoms with Crippen molar-refractivity contribution >= 4 is 33.2 Å². The molecule has 1 aromatic heterocycles. The second-order valence-corrected chi connectivity index (χ2v) is 9.51. The maximum atomic E-state index is 13.5. The number of amidine groups is 1. The number of carbonyl (C=O) groups excluding carboxylic acids is 1. The van der Waals surface area contributed by atoms with Gasteiger partial charge in [-0.15, -0.1) is 10.8 Å². The molecule has 3 rings (SSSR count). The lowest BCUT2D eigenvalue weighted by atomic mass is 10.0. The van der Waals surface area contributed by atoms with Gasteiger partial charge in [-0.1, -0.05) is 12.1 Å².